The molecule has 0 aliphatic carbocycles. The van der Waals surface area contributed by atoms with Crippen molar-refractivity contribution in [1.29, 1.82) is 0 Å². The number of rotatable bonds is 3. The largest absolute Gasteiger partial charge is 0.399 e. The van der Waals surface area contributed by atoms with Gasteiger partial charge in [-0.15, -0.1) is 11.3 Å². The number of thiazole rings is 1. The van der Waals surface area contributed by atoms with E-state index in [1.807, 2.05) is 24.3 Å². The van der Waals surface area contributed by atoms with Crippen molar-refractivity contribution in [3.8, 4) is 11.3 Å². The van der Waals surface area contributed by atoms with Gasteiger partial charge in [0.25, 0.3) is 0 Å². The van der Waals surface area contributed by atoms with E-state index in [4.69, 9.17) is 5.73 Å². The highest BCUT2D eigenvalue weighted by Gasteiger charge is 2.06. The fourth-order valence-corrected chi connectivity index (χ4v) is 2.84. The molecule has 3 aromatic rings. The zero-order valence-electron chi connectivity index (χ0n) is 12.1. The van der Waals surface area contributed by atoms with E-state index in [1.165, 1.54) is 11.1 Å². The second kappa shape index (κ2) is 5.58. The maximum absolute atomic E-state index is 5.78. The predicted molar refractivity (Wildman–Crippen MR) is 91.2 cm³/mol. The van der Waals surface area contributed by atoms with Crippen LogP contribution < -0.4 is 11.1 Å². The Balaban J connectivity index is 1.84. The number of nitrogen functional groups attached to an aromatic ring is 1. The molecule has 0 amide bonds. The highest BCUT2D eigenvalue weighted by Crippen LogP contribution is 2.28. The monoisotopic (exact) mass is 295 g/mol. The van der Waals surface area contributed by atoms with Crippen LogP contribution in [0.15, 0.2) is 47.8 Å². The van der Waals surface area contributed by atoms with E-state index in [9.17, 15) is 0 Å². The first-order valence-corrected chi connectivity index (χ1v) is 7.65. The first-order chi connectivity index (χ1) is 10.1. The molecule has 2 aromatic carbocycles. The molecule has 0 aliphatic heterocycles. The molecule has 21 heavy (non-hydrogen) atoms. The predicted octanol–water partition coefficient (Wildman–Crippen LogP) is 4.75. The van der Waals surface area contributed by atoms with Gasteiger partial charge in [0, 0.05) is 22.3 Å². The SMILES string of the molecule is Cc1ccc(-c2csc(Nc3cccc(N)c3)n2)cc1C. The van der Waals surface area contributed by atoms with Crippen LogP contribution in [0.1, 0.15) is 11.1 Å². The number of nitrogens with two attached hydrogens (primary N) is 1. The van der Waals surface area contributed by atoms with Gasteiger partial charge in [-0.25, -0.2) is 4.98 Å². The van der Waals surface area contributed by atoms with Crippen molar-refractivity contribution < 1.29 is 0 Å². The molecule has 3 rings (SSSR count). The zero-order chi connectivity index (χ0) is 14.8. The fraction of sp³-hybridized carbons (Fsp3) is 0.118. The third-order valence-corrected chi connectivity index (χ3v) is 4.20. The molecule has 3 N–H and O–H groups in total. The lowest BCUT2D eigenvalue weighted by atomic mass is 10.1. The highest BCUT2D eigenvalue weighted by molar-refractivity contribution is 7.14. The zero-order valence-corrected chi connectivity index (χ0v) is 12.9. The summed E-state index contributed by atoms with van der Waals surface area (Å²) in [5.41, 5.74) is 12.2. The van der Waals surface area contributed by atoms with Crippen molar-refractivity contribution in [2.75, 3.05) is 11.1 Å². The fourth-order valence-electron chi connectivity index (χ4n) is 2.10. The van der Waals surface area contributed by atoms with Crippen molar-refractivity contribution in [2.45, 2.75) is 13.8 Å². The third-order valence-electron chi connectivity index (χ3n) is 3.44. The first kappa shape index (κ1) is 13.6. The maximum atomic E-state index is 5.78. The van der Waals surface area contributed by atoms with Gasteiger partial charge in [0.15, 0.2) is 5.13 Å². The summed E-state index contributed by atoms with van der Waals surface area (Å²) in [6, 6.07) is 14.1. The number of anilines is 3. The third kappa shape index (κ3) is 3.06. The second-order valence-electron chi connectivity index (χ2n) is 5.09. The van der Waals surface area contributed by atoms with Crippen LogP contribution in [0.2, 0.25) is 0 Å². The summed E-state index contributed by atoms with van der Waals surface area (Å²) in [5, 5.41) is 6.23. The number of aromatic nitrogens is 1. The summed E-state index contributed by atoms with van der Waals surface area (Å²) < 4.78 is 0. The lowest BCUT2D eigenvalue weighted by molar-refractivity contribution is 1.32. The molecular formula is C17H17N3S. The quantitative estimate of drug-likeness (QED) is 0.685. The minimum absolute atomic E-state index is 0.742. The maximum Gasteiger partial charge on any atom is 0.187 e. The average Bonchev–Trinajstić information content (AvgIpc) is 2.90. The molecule has 0 bridgehead atoms. The van der Waals surface area contributed by atoms with Gasteiger partial charge < -0.3 is 11.1 Å². The van der Waals surface area contributed by atoms with Gasteiger partial charge in [-0.05, 0) is 49.2 Å². The van der Waals surface area contributed by atoms with Gasteiger partial charge >= 0.3 is 0 Å². The molecule has 1 heterocycles. The van der Waals surface area contributed by atoms with Crippen LogP contribution >= 0.6 is 11.3 Å². The topological polar surface area (TPSA) is 50.9 Å². The van der Waals surface area contributed by atoms with E-state index in [0.717, 1.165) is 27.8 Å². The first-order valence-electron chi connectivity index (χ1n) is 6.77. The minimum Gasteiger partial charge on any atom is -0.399 e. The van der Waals surface area contributed by atoms with E-state index in [1.54, 1.807) is 11.3 Å². The summed E-state index contributed by atoms with van der Waals surface area (Å²) in [5.74, 6) is 0. The normalized spacial score (nSPS) is 10.6. The van der Waals surface area contributed by atoms with Gasteiger partial charge in [0.2, 0.25) is 0 Å². The number of nitrogens with one attached hydrogen (secondary N) is 1. The van der Waals surface area contributed by atoms with Crippen LogP contribution in [-0.4, -0.2) is 4.98 Å². The smallest absolute Gasteiger partial charge is 0.187 e. The van der Waals surface area contributed by atoms with Gasteiger partial charge in [-0.2, -0.15) is 0 Å². The Kier molecular flexibility index (Phi) is 3.62. The van der Waals surface area contributed by atoms with E-state index in [0.29, 0.717) is 0 Å². The Morgan fingerprint density at radius 3 is 2.67 bits per heavy atom. The molecular weight excluding hydrogens is 278 g/mol. The summed E-state index contributed by atoms with van der Waals surface area (Å²) in [6.45, 7) is 4.24. The lowest BCUT2D eigenvalue weighted by Crippen LogP contribution is -1.91. The molecule has 0 saturated heterocycles. The van der Waals surface area contributed by atoms with Crippen molar-refractivity contribution in [3.05, 3.63) is 59.0 Å². The number of hydrogen-bond acceptors (Lipinski definition) is 4. The van der Waals surface area contributed by atoms with Gasteiger partial charge in [-0.3, -0.25) is 0 Å². The number of benzene rings is 2. The van der Waals surface area contributed by atoms with Crippen LogP contribution in [0.5, 0.6) is 0 Å². The second-order valence-corrected chi connectivity index (χ2v) is 5.95. The van der Waals surface area contributed by atoms with Crippen LogP contribution in [-0.2, 0) is 0 Å². The molecule has 1 aromatic heterocycles. The van der Waals surface area contributed by atoms with Crippen LogP contribution in [0.25, 0.3) is 11.3 Å². The molecule has 106 valence electrons. The average molecular weight is 295 g/mol. The molecule has 0 spiro atoms. The van der Waals surface area contributed by atoms with Crippen LogP contribution in [0, 0.1) is 13.8 Å². The summed E-state index contributed by atoms with van der Waals surface area (Å²) in [6.07, 6.45) is 0. The summed E-state index contributed by atoms with van der Waals surface area (Å²) >= 11 is 1.59. The molecule has 0 atom stereocenters. The molecule has 0 unspecified atom stereocenters. The van der Waals surface area contributed by atoms with Gasteiger partial charge in [0.1, 0.15) is 0 Å². The molecule has 0 fully saturated rings. The highest BCUT2D eigenvalue weighted by atomic mass is 32.1. The van der Waals surface area contributed by atoms with Crippen molar-refractivity contribution >= 4 is 27.8 Å². The Bertz CT molecular complexity index is 777. The number of aryl methyl sites for hydroxylation is 2. The van der Waals surface area contributed by atoms with Crippen molar-refractivity contribution in [2.24, 2.45) is 0 Å². The Hall–Kier alpha value is -2.33. The molecule has 3 nitrogen and oxygen atoms in total. The standard InChI is InChI=1S/C17H17N3S/c1-11-6-7-13(8-12(11)2)16-10-21-17(20-16)19-15-5-3-4-14(18)9-15/h3-10H,18H2,1-2H3,(H,19,20). The van der Waals surface area contributed by atoms with Crippen LogP contribution in [0.4, 0.5) is 16.5 Å². The van der Waals surface area contributed by atoms with E-state index >= 15 is 0 Å². The lowest BCUT2D eigenvalue weighted by Gasteiger charge is -2.04. The van der Waals surface area contributed by atoms with Gasteiger partial charge in [-0.1, -0.05) is 18.2 Å². The number of nitrogens with zero attached hydrogens (tertiary/aromatic N) is 1. The van der Waals surface area contributed by atoms with E-state index in [-0.39, 0.29) is 0 Å². The van der Waals surface area contributed by atoms with Gasteiger partial charge in [0.05, 0.1) is 5.69 Å². The Morgan fingerprint density at radius 2 is 1.90 bits per heavy atom. The summed E-state index contributed by atoms with van der Waals surface area (Å²) in [4.78, 5) is 4.64. The van der Waals surface area contributed by atoms with Crippen molar-refractivity contribution in [3.63, 3.8) is 0 Å². The Morgan fingerprint density at radius 1 is 1.05 bits per heavy atom. The Labute approximate surface area is 128 Å². The van der Waals surface area contributed by atoms with E-state index < -0.39 is 0 Å². The molecule has 0 radical (unpaired) electrons. The molecule has 4 heteroatoms. The summed E-state index contributed by atoms with van der Waals surface area (Å²) in [7, 11) is 0. The minimum atomic E-state index is 0.742. The molecule has 0 saturated carbocycles. The number of hydrogen-bond donors (Lipinski definition) is 2. The van der Waals surface area contributed by atoms with E-state index in [2.05, 4.69) is 47.7 Å². The van der Waals surface area contributed by atoms with Crippen LogP contribution in [0.3, 0.4) is 0 Å². The molecule has 0 aliphatic rings. The van der Waals surface area contributed by atoms with Crippen molar-refractivity contribution in [1.82, 2.24) is 4.98 Å².